The van der Waals surface area contributed by atoms with Crippen LogP contribution in [0.5, 0.6) is 0 Å². The Morgan fingerprint density at radius 2 is 1.87 bits per heavy atom. The minimum Gasteiger partial charge on any atom is -0.264 e. The molecule has 4 fully saturated rings. The number of rotatable bonds is 4. The van der Waals surface area contributed by atoms with E-state index in [1.54, 1.807) is 11.8 Å². The number of H-pyrrole nitrogens is 1. The Bertz CT molecular complexity index is 661. The van der Waals surface area contributed by atoms with E-state index in [1.807, 2.05) is 18.5 Å². The van der Waals surface area contributed by atoms with Crippen molar-refractivity contribution in [3.63, 3.8) is 0 Å². The Morgan fingerprint density at radius 3 is 2.52 bits per heavy atom. The van der Waals surface area contributed by atoms with Crippen LogP contribution in [0.4, 0.5) is 0 Å². The molecule has 6 rings (SSSR count). The summed E-state index contributed by atoms with van der Waals surface area (Å²) < 4.78 is 0. The van der Waals surface area contributed by atoms with E-state index in [2.05, 4.69) is 21.2 Å². The zero-order chi connectivity index (χ0) is 15.3. The van der Waals surface area contributed by atoms with Crippen molar-refractivity contribution in [2.45, 2.75) is 54.8 Å². The van der Waals surface area contributed by atoms with Crippen molar-refractivity contribution >= 4 is 11.8 Å². The van der Waals surface area contributed by atoms with Gasteiger partial charge in [0.2, 0.25) is 5.16 Å². The quantitative estimate of drug-likeness (QED) is 0.864. The number of aromatic amines is 1. The minimum absolute atomic E-state index is 0.314. The first-order valence-electron chi connectivity index (χ1n) is 8.74. The van der Waals surface area contributed by atoms with Gasteiger partial charge in [-0.2, -0.15) is 0 Å². The number of hydrogen-bond donors (Lipinski definition) is 1. The molecular weight excluding hydrogens is 304 g/mol. The van der Waals surface area contributed by atoms with Gasteiger partial charge in [0.1, 0.15) is 5.82 Å². The summed E-state index contributed by atoms with van der Waals surface area (Å²) in [6.45, 7) is 0. The van der Waals surface area contributed by atoms with Gasteiger partial charge in [-0.1, -0.05) is 17.8 Å². The van der Waals surface area contributed by atoms with Gasteiger partial charge in [-0.15, -0.1) is 5.10 Å². The van der Waals surface area contributed by atoms with Crippen LogP contribution in [0.1, 0.15) is 49.9 Å². The molecule has 0 aromatic carbocycles. The topological polar surface area (TPSA) is 54.5 Å². The van der Waals surface area contributed by atoms with Gasteiger partial charge in [-0.25, -0.2) is 4.98 Å². The summed E-state index contributed by atoms with van der Waals surface area (Å²) in [5.41, 5.74) is 1.54. The molecule has 4 aliphatic carbocycles. The van der Waals surface area contributed by atoms with Gasteiger partial charge in [0.25, 0.3) is 0 Å². The fourth-order valence-electron chi connectivity index (χ4n) is 5.58. The lowest BCUT2D eigenvalue weighted by Crippen LogP contribution is -2.49. The monoisotopic (exact) mass is 326 g/mol. The summed E-state index contributed by atoms with van der Waals surface area (Å²) in [4.78, 5) is 9.06. The fraction of sp³-hybridized carbons (Fsp3) is 0.611. The highest BCUT2D eigenvalue weighted by Gasteiger charge is 2.53. The Kier molecular flexibility index (Phi) is 3.25. The molecule has 4 bridgehead atoms. The Balaban J connectivity index is 1.33. The van der Waals surface area contributed by atoms with Crippen molar-refractivity contribution in [1.82, 2.24) is 20.2 Å². The molecule has 2 aromatic heterocycles. The molecule has 0 atom stereocenters. The van der Waals surface area contributed by atoms with Crippen molar-refractivity contribution in [2.24, 2.45) is 17.8 Å². The first kappa shape index (κ1) is 14.0. The van der Waals surface area contributed by atoms with Crippen LogP contribution in [0.25, 0.3) is 0 Å². The molecule has 4 aliphatic rings. The minimum atomic E-state index is 0.314. The zero-order valence-electron chi connectivity index (χ0n) is 13.2. The molecule has 1 N–H and O–H groups in total. The van der Waals surface area contributed by atoms with Crippen LogP contribution < -0.4 is 0 Å². The highest BCUT2D eigenvalue weighted by atomic mass is 32.2. The van der Waals surface area contributed by atoms with E-state index >= 15 is 0 Å². The van der Waals surface area contributed by atoms with Gasteiger partial charge in [-0.3, -0.25) is 10.1 Å². The average Bonchev–Trinajstić information content (AvgIpc) is 3.02. The van der Waals surface area contributed by atoms with Crippen LogP contribution in [0.15, 0.2) is 29.7 Å². The fourth-order valence-corrected chi connectivity index (χ4v) is 6.31. The van der Waals surface area contributed by atoms with E-state index in [0.717, 1.165) is 28.7 Å². The molecule has 23 heavy (non-hydrogen) atoms. The molecule has 5 heteroatoms. The van der Waals surface area contributed by atoms with Crippen LogP contribution in [-0.2, 0) is 11.2 Å². The average molecular weight is 326 g/mol. The molecule has 0 spiro atoms. The normalized spacial score (nSPS) is 34.9. The van der Waals surface area contributed by atoms with Gasteiger partial charge >= 0.3 is 0 Å². The van der Waals surface area contributed by atoms with Gasteiger partial charge in [-0.05, 0) is 67.9 Å². The molecule has 0 radical (unpaired) electrons. The lowest BCUT2D eigenvalue weighted by molar-refractivity contribution is -0.00931. The SMILES string of the molecule is c1cncc(CSc2n[nH]c(C34CC5CC(CC(C5)C3)C4)n2)c1. The maximum atomic E-state index is 4.89. The van der Waals surface area contributed by atoms with Crippen molar-refractivity contribution in [3.05, 3.63) is 35.9 Å². The molecule has 0 amide bonds. The Hall–Kier alpha value is -1.36. The van der Waals surface area contributed by atoms with Gasteiger partial charge in [0, 0.05) is 23.6 Å². The molecule has 2 heterocycles. The summed E-state index contributed by atoms with van der Waals surface area (Å²) in [6, 6.07) is 4.08. The molecule has 2 aromatic rings. The highest BCUT2D eigenvalue weighted by Crippen LogP contribution is 2.60. The van der Waals surface area contributed by atoms with Gasteiger partial charge < -0.3 is 0 Å². The van der Waals surface area contributed by atoms with Crippen molar-refractivity contribution in [3.8, 4) is 0 Å². The van der Waals surface area contributed by atoms with E-state index in [0.29, 0.717) is 5.41 Å². The summed E-state index contributed by atoms with van der Waals surface area (Å²) in [6.07, 6.45) is 12.1. The second-order valence-electron chi connectivity index (χ2n) is 7.81. The zero-order valence-corrected chi connectivity index (χ0v) is 14.1. The molecule has 4 saturated carbocycles. The predicted molar refractivity (Wildman–Crippen MR) is 90.0 cm³/mol. The maximum absolute atomic E-state index is 4.89. The lowest BCUT2D eigenvalue weighted by atomic mass is 9.49. The first-order valence-corrected chi connectivity index (χ1v) is 9.72. The van der Waals surface area contributed by atoms with E-state index in [4.69, 9.17) is 4.98 Å². The van der Waals surface area contributed by atoms with Crippen molar-refractivity contribution in [2.75, 3.05) is 0 Å². The molecular formula is C18H22N4S. The van der Waals surface area contributed by atoms with Crippen LogP contribution in [0.2, 0.25) is 0 Å². The van der Waals surface area contributed by atoms with E-state index in [1.165, 1.54) is 49.9 Å². The first-order chi connectivity index (χ1) is 11.3. The summed E-state index contributed by atoms with van der Waals surface area (Å²) in [7, 11) is 0. The lowest BCUT2D eigenvalue weighted by Gasteiger charge is -2.55. The summed E-state index contributed by atoms with van der Waals surface area (Å²) >= 11 is 1.70. The second kappa shape index (κ2) is 5.33. The highest BCUT2D eigenvalue weighted by molar-refractivity contribution is 7.98. The van der Waals surface area contributed by atoms with E-state index in [9.17, 15) is 0 Å². The predicted octanol–water partition coefficient (Wildman–Crippen LogP) is 3.96. The van der Waals surface area contributed by atoms with Gasteiger partial charge in [0.05, 0.1) is 0 Å². The summed E-state index contributed by atoms with van der Waals surface area (Å²) in [5, 5.41) is 8.68. The maximum Gasteiger partial charge on any atom is 0.208 e. The van der Waals surface area contributed by atoms with Crippen LogP contribution in [-0.4, -0.2) is 20.2 Å². The number of pyridine rings is 1. The Labute approximate surface area is 140 Å². The molecule has 0 unspecified atom stereocenters. The van der Waals surface area contributed by atoms with E-state index in [-0.39, 0.29) is 0 Å². The molecule has 0 saturated heterocycles. The molecule has 0 aliphatic heterocycles. The third kappa shape index (κ3) is 2.49. The standard InChI is InChI=1S/C18H22N4S/c1-2-12(10-19-3-1)11-23-17-20-16(21-22-17)18-7-13-4-14(8-18)6-15(5-13)9-18/h1-3,10,13-15H,4-9,11H2,(H,20,21,22). The number of hydrogen-bond acceptors (Lipinski definition) is 4. The number of thioether (sulfide) groups is 1. The third-order valence-corrected chi connectivity index (χ3v) is 7.01. The second-order valence-corrected chi connectivity index (χ2v) is 8.76. The van der Waals surface area contributed by atoms with Crippen LogP contribution in [0.3, 0.4) is 0 Å². The van der Waals surface area contributed by atoms with Gasteiger partial charge in [0.15, 0.2) is 0 Å². The van der Waals surface area contributed by atoms with Crippen molar-refractivity contribution < 1.29 is 0 Å². The number of nitrogens with one attached hydrogen (secondary N) is 1. The van der Waals surface area contributed by atoms with Crippen molar-refractivity contribution in [1.29, 1.82) is 0 Å². The Morgan fingerprint density at radius 1 is 1.13 bits per heavy atom. The number of nitrogens with zero attached hydrogens (tertiary/aromatic N) is 3. The number of aromatic nitrogens is 4. The van der Waals surface area contributed by atoms with E-state index < -0.39 is 0 Å². The summed E-state index contributed by atoms with van der Waals surface area (Å²) in [5.74, 6) is 4.88. The molecule has 120 valence electrons. The molecule has 4 nitrogen and oxygen atoms in total. The third-order valence-electron chi connectivity index (χ3n) is 6.10. The smallest absolute Gasteiger partial charge is 0.208 e. The largest absolute Gasteiger partial charge is 0.264 e. The van der Waals surface area contributed by atoms with Crippen LogP contribution in [0, 0.1) is 17.8 Å². The van der Waals surface area contributed by atoms with Crippen LogP contribution >= 0.6 is 11.8 Å².